The molecule has 1 N–H and O–H groups in total. The molecule has 0 spiro atoms. The summed E-state index contributed by atoms with van der Waals surface area (Å²) < 4.78 is 4.77. The van der Waals surface area contributed by atoms with Crippen LogP contribution in [-0.4, -0.2) is 30.8 Å². The van der Waals surface area contributed by atoms with Crippen LogP contribution in [0.2, 0.25) is 0 Å². The molecule has 0 rings (SSSR count). The summed E-state index contributed by atoms with van der Waals surface area (Å²) in [6.07, 6.45) is 0. The van der Waals surface area contributed by atoms with Crippen molar-refractivity contribution < 1.29 is 19.1 Å². The summed E-state index contributed by atoms with van der Waals surface area (Å²) >= 11 is 0. The highest BCUT2D eigenvalue weighted by molar-refractivity contribution is 5.98. The van der Waals surface area contributed by atoms with Gasteiger partial charge < -0.3 is 10.1 Å². The third kappa shape index (κ3) is 5.47. The van der Waals surface area contributed by atoms with Crippen LogP contribution in [0, 0.1) is 11.3 Å². The number of hydrogen-bond donors (Lipinski definition) is 1. The molecule has 1 atom stereocenters. The summed E-state index contributed by atoms with van der Waals surface area (Å²) in [5.41, 5.74) is -0.546. The fraction of sp³-hybridized carbons (Fsp3) is 0.750. The van der Waals surface area contributed by atoms with Gasteiger partial charge in [-0.05, 0) is 13.8 Å². The molecule has 0 saturated heterocycles. The fourth-order valence-electron chi connectivity index (χ4n) is 1.10. The molecule has 5 nitrogen and oxygen atoms in total. The molecule has 0 radical (unpaired) electrons. The van der Waals surface area contributed by atoms with E-state index in [4.69, 9.17) is 4.74 Å². The van der Waals surface area contributed by atoms with Crippen molar-refractivity contribution in [3.8, 4) is 0 Å². The minimum absolute atomic E-state index is 0.00965. The van der Waals surface area contributed by atoms with E-state index in [2.05, 4.69) is 5.32 Å². The van der Waals surface area contributed by atoms with E-state index in [1.807, 2.05) is 0 Å². The Kier molecular flexibility index (Phi) is 5.85. The summed E-state index contributed by atoms with van der Waals surface area (Å²) in [5.74, 6) is -2.01. The minimum Gasteiger partial charge on any atom is -0.465 e. The second-order valence-electron chi connectivity index (χ2n) is 4.88. The first-order valence-electron chi connectivity index (χ1n) is 5.65. The molecule has 1 unspecified atom stereocenters. The molecule has 0 aromatic rings. The lowest BCUT2D eigenvalue weighted by molar-refractivity contribution is -0.151. The van der Waals surface area contributed by atoms with Gasteiger partial charge in [0.25, 0.3) is 0 Å². The summed E-state index contributed by atoms with van der Waals surface area (Å²) in [4.78, 5) is 34.3. The van der Waals surface area contributed by atoms with Gasteiger partial charge in [-0.1, -0.05) is 20.8 Å². The van der Waals surface area contributed by atoms with Gasteiger partial charge in [0.05, 0.1) is 6.61 Å². The highest BCUT2D eigenvalue weighted by Gasteiger charge is 2.27. The Hall–Kier alpha value is -1.39. The standard InChI is InChI=1S/C12H21NO4/c1-6-17-10(15)9(8(2)14)7-13-11(16)12(3,4)5/h9H,6-7H2,1-5H3,(H,13,16). The van der Waals surface area contributed by atoms with E-state index in [9.17, 15) is 14.4 Å². The summed E-state index contributed by atoms with van der Waals surface area (Å²) in [6, 6.07) is 0. The summed E-state index contributed by atoms with van der Waals surface area (Å²) in [7, 11) is 0. The molecule has 0 aliphatic carbocycles. The topological polar surface area (TPSA) is 72.5 Å². The van der Waals surface area contributed by atoms with Crippen LogP contribution in [0.4, 0.5) is 0 Å². The van der Waals surface area contributed by atoms with Crippen LogP contribution in [-0.2, 0) is 19.1 Å². The van der Waals surface area contributed by atoms with Gasteiger partial charge in [0.1, 0.15) is 11.7 Å². The highest BCUT2D eigenvalue weighted by atomic mass is 16.5. The number of ether oxygens (including phenoxy) is 1. The van der Waals surface area contributed by atoms with Crippen LogP contribution in [0.15, 0.2) is 0 Å². The van der Waals surface area contributed by atoms with Gasteiger partial charge in [-0.3, -0.25) is 14.4 Å². The molecule has 98 valence electrons. The van der Waals surface area contributed by atoms with Crippen LogP contribution in [0.25, 0.3) is 0 Å². The van der Waals surface area contributed by atoms with Crippen molar-refractivity contribution in [1.29, 1.82) is 0 Å². The van der Waals surface area contributed by atoms with E-state index in [0.717, 1.165) is 0 Å². The summed E-state index contributed by atoms with van der Waals surface area (Å²) in [5, 5.41) is 2.58. The maximum Gasteiger partial charge on any atom is 0.318 e. The van der Waals surface area contributed by atoms with E-state index < -0.39 is 17.3 Å². The van der Waals surface area contributed by atoms with Gasteiger partial charge >= 0.3 is 5.97 Å². The van der Waals surface area contributed by atoms with Crippen molar-refractivity contribution in [2.75, 3.05) is 13.2 Å². The molecule has 1 amide bonds. The molecule has 0 fully saturated rings. The molecule has 0 bridgehead atoms. The zero-order chi connectivity index (χ0) is 13.6. The molecule has 0 heterocycles. The molecule has 0 aromatic carbocycles. The van der Waals surface area contributed by atoms with E-state index in [1.165, 1.54) is 6.92 Å². The number of carbonyl (C=O) groups is 3. The smallest absolute Gasteiger partial charge is 0.318 e. The average molecular weight is 243 g/mol. The normalized spacial score (nSPS) is 12.8. The number of Topliss-reactive ketones (excluding diaryl/α,β-unsaturated/α-hetero) is 1. The zero-order valence-electron chi connectivity index (χ0n) is 11.1. The van der Waals surface area contributed by atoms with Crippen LogP contribution >= 0.6 is 0 Å². The quantitative estimate of drug-likeness (QED) is 0.575. The van der Waals surface area contributed by atoms with Crippen molar-refractivity contribution in [2.45, 2.75) is 34.6 Å². The number of amides is 1. The minimum atomic E-state index is -0.916. The van der Waals surface area contributed by atoms with Crippen LogP contribution in [0.5, 0.6) is 0 Å². The number of ketones is 1. The first-order chi connectivity index (χ1) is 7.70. The fourth-order valence-corrected chi connectivity index (χ4v) is 1.10. The molecule has 0 saturated carbocycles. The second-order valence-corrected chi connectivity index (χ2v) is 4.88. The van der Waals surface area contributed by atoms with Gasteiger partial charge in [0, 0.05) is 12.0 Å². The average Bonchev–Trinajstić information content (AvgIpc) is 2.16. The Labute approximate surface area is 102 Å². The van der Waals surface area contributed by atoms with Crippen LogP contribution < -0.4 is 5.32 Å². The first kappa shape index (κ1) is 15.6. The maximum absolute atomic E-state index is 11.6. The molecule has 0 aliphatic heterocycles. The van der Waals surface area contributed by atoms with E-state index in [0.29, 0.717) is 0 Å². The number of nitrogens with one attached hydrogen (secondary N) is 1. The molecular weight excluding hydrogens is 222 g/mol. The number of carbonyl (C=O) groups excluding carboxylic acids is 3. The Morgan fingerprint density at radius 1 is 1.24 bits per heavy atom. The van der Waals surface area contributed by atoms with Gasteiger partial charge in [-0.25, -0.2) is 0 Å². The maximum atomic E-state index is 11.6. The van der Waals surface area contributed by atoms with Crippen molar-refractivity contribution in [3.63, 3.8) is 0 Å². The molecule has 0 aromatic heterocycles. The second kappa shape index (κ2) is 6.37. The lowest BCUT2D eigenvalue weighted by Gasteiger charge is -2.19. The Bertz CT molecular complexity index is 304. The number of hydrogen-bond acceptors (Lipinski definition) is 4. The van der Waals surface area contributed by atoms with E-state index in [-0.39, 0.29) is 24.8 Å². The number of esters is 1. The molecule has 0 aliphatic rings. The van der Waals surface area contributed by atoms with Crippen LogP contribution in [0.3, 0.4) is 0 Å². The van der Waals surface area contributed by atoms with Crippen molar-refractivity contribution >= 4 is 17.7 Å². The van der Waals surface area contributed by atoms with E-state index in [1.54, 1.807) is 27.7 Å². The molecular formula is C12H21NO4. The predicted molar refractivity (Wildman–Crippen MR) is 63.3 cm³/mol. The monoisotopic (exact) mass is 243 g/mol. The van der Waals surface area contributed by atoms with Gasteiger partial charge in [-0.15, -0.1) is 0 Å². The lowest BCUT2D eigenvalue weighted by Crippen LogP contribution is -2.41. The zero-order valence-corrected chi connectivity index (χ0v) is 11.1. The van der Waals surface area contributed by atoms with Crippen molar-refractivity contribution in [1.82, 2.24) is 5.32 Å². The molecule has 17 heavy (non-hydrogen) atoms. The SMILES string of the molecule is CCOC(=O)C(CNC(=O)C(C)(C)C)C(C)=O. The van der Waals surface area contributed by atoms with E-state index >= 15 is 0 Å². The van der Waals surface area contributed by atoms with Crippen molar-refractivity contribution in [2.24, 2.45) is 11.3 Å². The largest absolute Gasteiger partial charge is 0.465 e. The third-order valence-electron chi connectivity index (χ3n) is 2.21. The number of rotatable bonds is 5. The Morgan fingerprint density at radius 3 is 2.12 bits per heavy atom. The van der Waals surface area contributed by atoms with Crippen molar-refractivity contribution in [3.05, 3.63) is 0 Å². The molecule has 5 heteroatoms. The van der Waals surface area contributed by atoms with Gasteiger partial charge in [0.15, 0.2) is 0 Å². The predicted octanol–water partition coefficient (Wildman–Crippen LogP) is 0.917. The van der Waals surface area contributed by atoms with Crippen LogP contribution in [0.1, 0.15) is 34.6 Å². The summed E-state index contributed by atoms with van der Waals surface area (Å²) in [6.45, 7) is 8.47. The van der Waals surface area contributed by atoms with Gasteiger partial charge in [0.2, 0.25) is 5.91 Å². The highest BCUT2D eigenvalue weighted by Crippen LogP contribution is 2.12. The van der Waals surface area contributed by atoms with Gasteiger partial charge in [-0.2, -0.15) is 0 Å². The first-order valence-corrected chi connectivity index (χ1v) is 5.65. The Balaban J connectivity index is 4.44. The third-order valence-corrected chi connectivity index (χ3v) is 2.21. The lowest BCUT2D eigenvalue weighted by atomic mass is 9.95. The Morgan fingerprint density at radius 2 is 1.76 bits per heavy atom.